The summed E-state index contributed by atoms with van der Waals surface area (Å²) in [4.78, 5) is 11.6. The van der Waals surface area contributed by atoms with Crippen LogP contribution in [0.25, 0.3) is 0 Å². The number of nitrogens with one attached hydrogen (secondary N) is 1. The lowest BCUT2D eigenvalue weighted by molar-refractivity contribution is 0.0521. The van der Waals surface area contributed by atoms with Crippen molar-refractivity contribution in [2.75, 3.05) is 13.7 Å². The topological polar surface area (TPSA) is 92.4 Å². The number of aromatic nitrogens is 2. The number of carbonyl (C=O) groups is 1. The molecule has 0 fully saturated rings. The SMILES string of the molecule is CCOC(=O)c1cn[nH]c1S(=O)(=O)N(C)C(C)C. The number of ether oxygens (including phenoxy) is 1. The van der Waals surface area contributed by atoms with Crippen molar-refractivity contribution in [1.82, 2.24) is 14.5 Å². The second kappa shape index (κ2) is 5.49. The van der Waals surface area contributed by atoms with Crippen LogP contribution in [0, 0.1) is 0 Å². The third-order valence-corrected chi connectivity index (χ3v) is 4.47. The van der Waals surface area contributed by atoms with Crippen LogP contribution in [0.4, 0.5) is 0 Å². The quantitative estimate of drug-likeness (QED) is 0.795. The lowest BCUT2D eigenvalue weighted by Gasteiger charge is -2.20. The zero-order valence-corrected chi connectivity index (χ0v) is 11.6. The molecule has 0 saturated heterocycles. The molecule has 102 valence electrons. The van der Waals surface area contributed by atoms with Crippen molar-refractivity contribution < 1.29 is 17.9 Å². The Morgan fingerprint density at radius 3 is 2.67 bits per heavy atom. The largest absolute Gasteiger partial charge is 0.462 e. The highest BCUT2D eigenvalue weighted by atomic mass is 32.2. The highest BCUT2D eigenvalue weighted by Crippen LogP contribution is 2.18. The summed E-state index contributed by atoms with van der Waals surface area (Å²) in [7, 11) is -2.33. The van der Waals surface area contributed by atoms with Gasteiger partial charge in [0.2, 0.25) is 0 Å². The first kappa shape index (κ1) is 14.7. The summed E-state index contributed by atoms with van der Waals surface area (Å²) in [5.41, 5.74) is -0.0793. The van der Waals surface area contributed by atoms with E-state index in [-0.39, 0.29) is 23.2 Å². The Hall–Kier alpha value is -1.41. The van der Waals surface area contributed by atoms with Crippen LogP contribution in [0.1, 0.15) is 31.1 Å². The monoisotopic (exact) mass is 275 g/mol. The average Bonchev–Trinajstić information content (AvgIpc) is 2.77. The molecule has 18 heavy (non-hydrogen) atoms. The lowest BCUT2D eigenvalue weighted by Crippen LogP contribution is -2.34. The average molecular weight is 275 g/mol. The second-order valence-electron chi connectivity index (χ2n) is 3.95. The van der Waals surface area contributed by atoms with Crippen LogP contribution >= 0.6 is 0 Å². The second-order valence-corrected chi connectivity index (χ2v) is 5.88. The molecule has 1 heterocycles. The van der Waals surface area contributed by atoms with E-state index in [2.05, 4.69) is 10.2 Å². The summed E-state index contributed by atoms with van der Waals surface area (Å²) in [6.07, 6.45) is 1.15. The molecule has 0 aromatic carbocycles. The van der Waals surface area contributed by atoms with E-state index in [1.807, 2.05) is 0 Å². The Kier molecular flexibility index (Phi) is 4.47. The fraction of sp³-hybridized carbons (Fsp3) is 0.600. The minimum absolute atomic E-state index is 0.0793. The number of carbonyl (C=O) groups excluding carboxylic acids is 1. The molecule has 0 unspecified atom stereocenters. The van der Waals surface area contributed by atoms with E-state index >= 15 is 0 Å². The molecule has 0 bridgehead atoms. The fourth-order valence-corrected chi connectivity index (χ4v) is 2.67. The van der Waals surface area contributed by atoms with Gasteiger partial charge in [-0.1, -0.05) is 0 Å². The Morgan fingerprint density at radius 2 is 2.17 bits per heavy atom. The molecule has 0 amide bonds. The van der Waals surface area contributed by atoms with Gasteiger partial charge < -0.3 is 4.74 Å². The highest BCUT2D eigenvalue weighted by Gasteiger charge is 2.30. The van der Waals surface area contributed by atoms with Crippen molar-refractivity contribution in [1.29, 1.82) is 0 Å². The normalized spacial score (nSPS) is 12.1. The predicted molar refractivity (Wildman–Crippen MR) is 64.6 cm³/mol. The summed E-state index contributed by atoms with van der Waals surface area (Å²) in [6.45, 7) is 5.28. The Labute approximate surface area is 106 Å². The van der Waals surface area contributed by atoms with Gasteiger partial charge in [-0.3, -0.25) is 5.10 Å². The fourth-order valence-electron chi connectivity index (χ4n) is 1.25. The summed E-state index contributed by atoms with van der Waals surface area (Å²) >= 11 is 0. The third-order valence-electron chi connectivity index (χ3n) is 2.46. The van der Waals surface area contributed by atoms with Gasteiger partial charge in [0, 0.05) is 13.1 Å². The molecule has 1 rings (SSSR count). The molecule has 0 aliphatic rings. The molecule has 1 aromatic heterocycles. The van der Waals surface area contributed by atoms with E-state index in [0.29, 0.717) is 0 Å². The minimum atomic E-state index is -3.77. The lowest BCUT2D eigenvalue weighted by atomic mass is 10.4. The van der Waals surface area contributed by atoms with E-state index in [1.54, 1.807) is 20.8 Å². The summed E-state index contributed by atoms with van der Waals surface area (Å²) in [5, 5.41) is 5.70. The van der Waals surface area contributed by atoms with Crippen molar-refractivity contribution >= 4 is 16.0 Å². The van der Waals surface area contributed by atoms with Crippen LogP contribution in [0.5, 0.6) is 0 Å². The molecule has 0 aliphatic carbocycles. The first-order valence-electron chi connectivity index (χ1n) is 5.50. The third kappa shape index (κ3) is 2.70. The van der Waals surface area contributed by atoms with E-state index in [1.165, 1.54) is 7.05 Å². The van der Waals surface area contributed by atoms with Crippen LogP contribution in [0.15, 0.2) is 11.2 Å². The molecule has 0 saturated carbocycles. The molecule has 0 atom stereocenters. The number of esters is 1. The smallest absolute Gasteiger partial charge is 0.342 e. The van der Waals surface area contributed by atoms with Crippen LogP contribution < -0.4 is 0 Å². The van der Waals surface area contributed by atoms with Gasteiger partial charge in [0.1, 0.15) is 5.56 Å². The number of rotatable bonds is 5. The molecule has 0 aliphatic heterocycles. The summed E-state index contributed by atoms with van der Waals surface area (Å²) < 4.78 is 30.4. The van der Waals surface area contributed by atoms with Crippen molar-refractivity contribution in [3.05, 3.63) is 11.8 Å². The van der Waals surface area contributed by atoms with Gasteiger partial charge in [-0.25, -0.2) is 13.2 Å². The summed E-state index contributed by atoms with van der Waals surface area (Å²) in [6, 6.07) is -0.228. The highest BCUT2D eigenvalue weighted by molar-refractivity contribution is 7.89. The van der Waals surface area contributed by atoms with Crippen LogP contribution in [0.2, 0.25) is 0 Å². The van der Waals surface area contributed by atoms with E-state index in [0.717, 1.165) is 10.5 Å². The van der Waals surface area contributed by atoms with E-state index < -0.39 is 16.0 Å². The molecular formula is C10H17N3O4S. The van der Waals surface area contributed by atoms with E-state index in [9.17, 15) is 13.2 Å². The Morgan fingerprint density at radius 1 is 1.56 bits per heavy atom. The van der Waals surface area contributed by atoms with Crippen LogP contribution in [0.3, 0.4) is 0 Å². The molecule has 0 radical (unpaired) electrons. The number of aromatic amines is 1. The number of hydrogen-bond donors (Lipinski definition) is 1. The van der Waals surface area contributed by atoms with Gasteiger partial charge in [0.25, 0.3) is 10.0 Å². The molecule has 1 N–H and O–H groups in total. The zero-order valence-electron chi connectivity index (χ0n) is 10.8. The molecular weight excluding hydrogens is 258 g/mol. The zero-order chi connectivity index (χ0) is 13.9. The van der Waals surface area contributed by atoms with Crippen LogP contribution in [-0.4, -0.2) is 48.6 Å². The van der Waals surface area contributed by atoms with Crippen molar-refractivity contribution in [3.8, 4) is 0 Å². The maximum Gasteiger partial charge on any atom is 0.342 e. The van der Waals surface area contributed by atoms with Gasteiger partial charge in [0.05, 0.1) is 12.8 Å². The molecule has 8 heteroatoms. The molecule has 7 nitrogen and oxygen atoms in total. The standard InChI is InChI=1S/C10H17N3O4S/c1-5-17-10(14)8-6-11-12-9(8)18(15,16)13(4)7(2)3/h6-7H,5H2,1-4H3,(H,11,12). The molecule has 0 spiro atoms. The molecule has 1 aromatic rings. The van der Waals surface area contributed by atoms with Gasteiger partial charge in [-0.2, -0.15) is 9.40 Å². The maximum atomic E-state index is 12.2. The van der Waals surface area contributed by atoms with E-state index in [4.69, 9.17) is 4.74 Å². The minimum Gasteiger partial charge on any atom is -0.462 e. The van der Waals surface area contributed by atoms with Gasteiger partial charge in [-0.15, -0.1) is 0 Å². The van der Waals surface area contributed by atoms with Crippen molar-refractivity contribution in [2.24, 2.45) is 0 Å². The van der Waals surface area contributed by atoms with Gasteiger partial charge >= 0.3 is 5.97 Å². The van der Waals surface area contributed by atoms with Gasteiger partial charge in [0.15, 0.2) is 5.03 Å². The maximum absolute atomic E-state index is 12.2. The predicted octanol–water partition coefficient (Wildman–Crippen LogP) is 0.615. The number of hydrogen-bond acceptors (Lipinski definition) is 5. The first-order valence-corrected chi connectivity index (χ1v) is 6.94. The van der Waals surface area contributed by atoms with Gasteiger partial charge in [-0.05, 0) is 20.8 Å². The van der Waals surface area contributed by atoms with Crippen molar-refractivity contribution in [2.45, 2.75) is 31.8 Å². The van der Waals surface area contributed by atoms with Crippen molar-refractivity contribution in [3.63, 3.8) is 0 Å². The number of H-pyrrole nitrogens is 1. The summed E-state index contributed by atoms with van der Waals surface area (Å²) in [5.74, 6) is -0.706. The Bertz CT molecular complexity index is 521. The number of nitrogens with zero attached hydrogens (tertiary/aromatic N) is 2. The first-order chi connectivity index (χ1) is 8.32. The number of sulfonamides is 1. The Balaban J connectivity index is 3.19. The van der Waals surface area contributed by atoms with Crippen LogP contribution in [-0.2, 0) is 14.8 Å².